The lowest BCUT2D eigenvalue weighted by Gasteiger charge is -2.34. The number of carbonyl (C=O) groups excluding carboxylic acids is 1. The number of likely N-dealkylation sites (tertiary alicyclic amines) is 1. The molecule has 1 aliphatic carbocycles. The van der Waals surface area contributed by atoms with E-state index in [0.29, 0.717) is 25.0 Å². The van der Waals surface area contributed by atoms with Gasteiger partial charge in [-0.3, -0.25) is 4.79 Å². The molecule has 2 rings (SSSR count). The standard InChI is InChI=1S/C16H28N2O3/c1-11(2)8-18(13-6-4-5-7-13)16(21)17-9-12(3)14(10-17)15(19)20/h11-14H,4-10H2,1-3H3,(H,19,20)/t12-,14-/m1/s1. The zero-order valence-electron chi connectivity index (χ0n) is 13.4. The van der Waals surface area contributed by atoms with Crippen LogP contribution in [0, 0.1) is 17.8 Å². The lowest BCUT2D eigenvalue weighted by Crippen LogP contribution is -2.48. The highest BCUT2D eigenvalue weighted by molar-refractivity contribution is 5.78. The second kappa shape index (κ2) is 6.67. The molecule has 21 heavy (non-hydrogen) atoms. The number of aliphatic carboxylic acids is 1. The van der Waals surface area contributed by atoms with Crippen LogP contribution in [-0.4, -0.2) is 52.6 Å². The van der Waals surface area contributed by atoms with Crippen LogP contribution in [0.1, 0.15) is 46.5 Å². The number of urea groups is 1. The van der Waals surface area contributed by atoms with Gasteiger partial charge in [0.05, 0.1) is 5.92 Å². The maximum absolute atomic E-state index is 12.8. The molecule has 1 saturated heterocycles. The van der Waals surface area contributed by atoms with Crippen molar-refractivity contribution >= 4 is 12.0 Å². The summed E-state index contributed by atoms with van der Waals surface area (Å²) >= 11 is 0. The Labute approximate surface area is 127 Å². The molecule has 0 aromatic heterocycles. The van der Waals surface area contributed by atoms with E-state index in [2.05, 4.69) is 13.8 Å². The van der Waals surface area contributed by atoms with Crippen molar-refractivity contribution in [3.63, 3.8) is 0 Å². The number of amides is 2. The van der Waals surface area contributed by atoms with Gasteiger partial charge in [-0.05, 0) is 24.7 Å². The number of carbonyl (C=O) groups is 2. The van der Waals surface area contributed by atoms with Gasteiger partial charge in [-0.25, -0.2) is 4.79 Å². The van der Waals surface area contributed by atoms with E-state index in [4.69, 9.17) is 0 Å². The molecule has 1 aliphatic heterocycles. The summed E-state index contributed by atoms with van der Waals surface area (Å²) in [6, 6.07) is 0.394. The van der Waals surface area contributed by atoms with Crippen molar-refractivity contribution in [1.82, 2.24) is 9.80 Å². The third-order valence-corrected chi connectivity index (χ3v) is 4.77. The van der Waals surface area contributed by atoms with Crippen LogP contribution in [0.5, 0.6) is 0 Å². The van der Waals surface area contributed by atoms with Crippen molar-refractivity contribution in [1.29, 1.82) is 0 Å². The first-order valence-electron chi connectivity index (χ1n) is 8.18. The van der Waals surface area contributed by atoms with E-state index in [1.165, 1.54) is 12.8 Å². The van der Waals surface area contributed by atoms with Crippen LogP contribution in [0.4, 0.5) is 4.79 Å². The van der Waals surface area contributed by atoms with Gasteiger partial charge in [0.1, 0.15) is 0 Å². The third-order valence-electron chi connectivity index (χ3n) is 4.77. The number of nitrogens with zero attached hydrogens (tertiary/aromatic N) is 2. The van der Waals surface area contributed by atoms with Crippen LogP contribution >= 0.6 is 0 Å². The second-order valence-corrected chi connectivity index (χ2v) is 7.09. The first-order chi connectivity index (χ1) is 9.90. The van der Waals surface area contributed by atoms with Crippen LogP contribution < -0.4 is 0 Å². The number of carboxylic acid groups (broad SMARTS) is 1. The quantitative estimate of drug-likeness (QED) is 0.867. The molecule has 0 radical (unpaired) electrons. The SMILES string of the molecule is CC(C)CN(C(=O)N1C[C@@H](C)[C@H](C(=O)O)C1)C1CCCC1. The minimum atomic E-state index is -0.783. The Balaban J connectivity index is 2.05. The fraction of sp³-hybridized carbons (Fsp3) is 0.875. The fourth-order valence-electron chi connectivity index (χ4n) is 3.62. The van der Waals surface area contributed by atoms with E-state index in [1.807, 2.05) is 11.8 Å². The second-order valence-electron chi connectivity index (χ2n) is 7.09. The van der Waals surface area contributed by atoms with E-state index in [9.17, 15) is 14.7 Å². The Morgan fingerprint density at radius 1 is 1.24 bits per heavy atom. The topological polar surface area (TPSA) is 60.9 Å². The zero-order valence-corrected chi connectivity index (χ0v) is 13.4. The predicted octanol–water partition coefficient (Wildman–Crippen LogP) is 2.66. The number of rotatable bonds is 4. The van der Waals surface area contributed by atoms with Gasteiger partial charge < -0.3 is 14.9 Å². The van der Waals surface area contributed by atoms with Gasteiger partial charge in [0, 0.05) is 25.7 Å². The lowest BCUT2D eigenvalue weighted by atomic mass is 9.99. The molecule has 120 valence electrons. The summed E-state index contributed by atoms with van der Waals surface area (Å²) in [4.78, 5) is 27.8. The van der Waals surface area contributed by atoms with E-state index in [-0.39, 0.29) is 11.9 Å². The minimum absolute atomic E-state index is 0.0379. The highest BCUT2D eigenvalue weighted by Crippen LogP contribution is 2.29. The van der Waals surface area contributed by atoms with Crippen molar-refractivity contribution in [2.24, 2.45) is 17.8 Å². The molecule has 0 bridgehead atoms. The van der Waals surface area contributed by atoms with Crippen LogP contribution in [-0.2, 0) is 4.79 Å². The van der Waals surface area contributed by atoms with Crippen molar-refractivity contribution < 1.29 is 14.7 Å². The maximum Gasteiger partial charge on any atom is 0.320 e. The number of carboxylic acids is 1. The van der Waals surface area contributed by atoms with Crippen LogP contribution in [0.3, 0.4) is 0 Å². The molecule has 5 heteroatoms. The Morgan fingerprint density at radius 3 is 2.33 bits per heavy atom. The molecule has 0 spiro atoms. The summed E-state index contributed by atoms with van der Waals surface area (Å²) in [5, 5.41) is 9.23. The van der Waals surface area contributed by atoms with Gasteiger partial charge in [0.2, 0.25) is 0 Å². The molecule has 2 amide bonds. The first kappa shape index (κ1) is 16.1. The summed E-state index contributed by atoms with van der Waals surface area (Å²) in [6.45, 7) is 7.87. The summed E-state index contributed by atoms with van der Waals surface area (Å²) in [5.41, 5.74) is 0. The first-order valence-corrected chi connectivity index (χ1v) is 8.18. The van der Waals surface area contributed by atoms with Crippen LogP contribution in [0.2, 0.25) is 0 Å². The highest BCUT2D eigenvalue weighted by atomic mass is 16.4. The predicted molar refractivity (Wildman–Crippen MR) is 81.1 cm³/mol. The number of hydrogen-bond donors (Lipinski definition) is 1. The van der Waals surface area contributed by atoms with E-state index >= 15 is 0 Å². The summed E-state index contributed by atoms with van der Waals surface area (Å²) in [6.07, 6.45) is 4.57. The Morgan fingerprint density at radius 2 is 1.86 bits per heavy atom. The van der Waals surface area contributed by atoms with Gasteiger partial charge >= 0.3 is 12.0 Å². The van der Waals surface area contributed by atoms with Crippen LogP contribution in [0.25, 0.3) is 0 Å². The molecule has 1 heterocycles. The average Bonchev–Trinajstić information content (AvgIpc) is 3.03. The highest BCUT2D eigenvalue weighted by Gasteiger charge is 2.40. The van der Waals surface area contributed by atoms with E-state index in [1.54, 1.807) is 4.90 Å². The molecular formula is C16H28N2O3. The van der Waals surface area contributed by atoms with Crippen molar-refractivity contribution in [2.75, 3.05) is 19.6 Å². The summed E-state index contributed by atoms with van der Waals surface area (Å²) in [7, 11) is 0. The van der Waals surface area contributed by atoms with Gasteiger partial charge in [-0.2, -0.15) is 0 Å². The monoisotopic (exact) mass is 296 g/mol. The molecule has 5 nitrogen and oxygen atoms in total. The Kier molecular flexibility index (Phi) is 5.12. The van der Waals surface area contributed by atoms with Gasteiger partial charge in [-0.15, -0.1) is 0 Å². The maximum atomic E-state index is 12.8. The van der Waals surface area contributed by atoms with Crippen molar-refractivity contribution in [3.8, 4) is 0 Å². The van der Waals surface area contributed by atoms with Crippen molar-refractivity contribution in [3.05, 3.63) is 0 Å². The summed E-state index contributed by atoms with van der Waals surface area (Å²) in [5.74, 6) is -0.728. The minimum Gasteiger partial charge on any atom is -0.481 e. The average molecular weight is 296 g/mol. The lowest BCUT2D eigenvalue weighted by molar-refractivity contribution is -0.142. The molecule has 2 aliphatic rings. The largest absolute Gasteiger partial charge is 0.481 e. The molecule has 1 N–H and O–H groups in total. The molecule has 2 atom stereocenters. The molecular weight excluding hydrogens is 268 g/mol. The van der Waals surface area contributed by atoms with Gasteiger partial charge in [-0.1, -0.05) is 33.6 Å². The van der Waals surface area contributed by atoms with Gasteiger partial charge in [0.15, 0.2) is 0 Å². The van der Waals surface area contributed by atoms with Crippen LogP contribution in [0.15, 0.2) is 0 Å². The van der Waals surface area contributed by atoms with Gasteiger partial charge in [0.25, 0.3) is 0 Å². The smallest absolute Gasteiger partial charge is 0.320 e. The zero-order chi connectivity index (χ0) is 15.6. The Bertz CT molecular complexity index is 391. The normalized spacial score (nSPS) is 26.6. The third kappa shape index (κ3) is 3.69. The number of hydrogen-bond acceptors (Lipinski definition) is 2. The molecule has 2 fully saturated rings. The Hall–Kier alpha value is -1.26. The van der Waals surface area contributed by atoms with E-state index < -0.39 is 11.9 Å². The molecule has 0 aromatic rings. The fourth-order valence-corrected chi connectivity index (χ4v) is 3.62. The van der Waals surface area contributed by atoms with E-state index in [0.717, 1.165) is 19.4 Å². The molecule has 0 aromatic carbocycles. The molecule has 1 saturated carbocycles. The summed E-state index contributed by atoms with van der Waals surface area (Å²) < 4.78 is 0. The molecule has 0 unspecified atom stereocenters. The van der Waals surface area contributed by atoms with Crippen molar-refractivity contribution in [2.45, 2.75) is 52.5 Å².